The van der Waals surface area contributed by atoms with E-state index in [4.69, 9.17) is 6.57 Å². The molecule has 7 nitrogen and oxygen atoms in total. The van der Waals surface area contributed by atoms with Crippen molar-refractivity contribution in [3.63, 3.8) is 0 Å². The molecule has 0 saturated heterocycles. The van der Waals surface area contributed by atoms with Crippen molar-refractivity contribution in [2.24, 2.45) is 0 Å². The monoisotopic (exact) mass is 386 g/mol. The quantitative estimate of drug-likeness (QED) is 0.517. The van der Waals surface area contributed by atoms with Gasteiger partial charge in [-0.25, -0.2) is 17.7 Å². The topological polar surface area (TPSA) is 96.3 Å². The van der Waals surface area contributed by atoms with Crippen molar-refractivity contribution in [2.75, 3.05) is 4.72 Å². The molecule has 3 aromatic rings. The maximum Gasteiger partial charge on any atom is 0.235 e. The zero-order valence-electron chi connectivity index (χ0n) is 14.4. The number of hydrogen-bond donors (Lipinski definition) is 2. The van der Waals surface area contributed by atoms with Crippen molar-refractivity contribution in [1.82, 2.24) is 9.97 Å². The van der Waals surface area contributed by atoms with E-state index >= 15 is 0 Å². The summed E-state index contributed by atoms with van der Waals surface area (Å²) in [7, 11) is -3.76. The summed E-state index contributed by atoms with van der Waals surface area (Å²) in [6, 6.07) is 5.41. The van der Waals surface area contributed by atoms with E-state index in [-0.39, 0.29) is 22.5 Å². The first-order valence-electron chi connectivity index (χ1n) is 7.94. The molecule has 0 atom stereocenters. The summed E-state index contributed by atoms with van der Waals surface area (Å²) < 4.78 is 41.0. The Morgan fingerprint density at radius 2 is 2.07 bits per heavy atom. The molecule has 0 aliphatic heterocycles. The summed E-state index contributed by atoms with van der Waals surface area (Å²) in [5, 5.41) is -0.371. The lowest BCUT2D eigenvalue weighted by atomic mass is 10.0. The van der Waals surface area contributed by atoms with Crippen molar-refractivity contribution in [2.45, 2.75) is 19.1 Å². The minimum absolute atomic E-state index is 0.144. The van der Waals surface area contributed by atoms with Gasteiger partial charge in [0.25, 0.3) is 0 Å². The zero-order valence-corrected chi connectivity index (χ0v) is 15.3. The fourth-order valence-electron chi connectivity index (χ4n) is 2.44. The van der Waals surface area contributed by atoms with Gasteiger partial charge in [0.2, 0.25) is 15.7 Å². The number of carbonyl (C=O) groups excluding carboxylic acids is 1. The van der Waals surface area contributed by atoms with Gasteiger partial charge >= 0.3 is 0 Å². The summed E-state index contributed by atoms with van der Waals surface area (Å²) in [6.45, 7) is 9.98. The third-order valence-electron chi connectivity index (χ3n) is 4.01. The van der Waals surface area contributed by atoms with Crippen molar-refractivity contribution in [3.05, 3.63) is 65.0 Å². The Bertz CT molecular complexity index is 1190. The number of sulfonamides is 1. The Kier molecular flexibility index (Phi) is 4.68. The van der Waals surface area contributed by atoms with Gasteiger partial charge in [0.1, 0.15) is 5.65 Å². The molecule has 0 saturated carbocycles. The van der Waals surface area contributed by atoms with Crippen molar-refractivity contribution < 1.29 is 17.6 Å². The summed E-state index contributed by atoms with van der Waals surface area (Å²) >= 11 is 0. The SMILES string of the molecule is [C-]#[N+]c1cnc2[nH]cc(C(=O)c3cccc(NS(=O)(=O)C(C)C)c3F)c2c1. The highest BCUT2D eigenvalue weighted by Gasteiger charge is 2.23. The van der Waals surface area contributed by atoms with Crippen LogP contribution in [0.25, 0.3) is 15.9 Å². The number of anilines is 1. The lowest BCUT2D eigenvalue weighted by Crippen LogP contribution is -2.23. The second-order valence-electron chi connectivity index (χ2n) is 6.10. The van der Waals surface area contributed by atoms with E-state index in [0.29, 0.717) is 11.0 Å². The van der Waals surface area contributed by atoms with Crippen molar-refractivity contribution in [3.8, 4) is 0 Å². The number of benzene rings is 1. The number of nitrogens with one attached hydrogen (secondary N) is 2. The van der Waals surface area contributed by atoms with Crippen LogP contribution >= 0.6 is 0 Å². The molecular formula is C18H15FN4O3S. The van der Waals surface area contributed by atoms with E-state index in [9.17, 15) is 17.6 Å². The summed E-state index contributed by atoms with van der Waals surface area (Å²) in [5.41, 5.74) is 0.200. The smallest absolute Gasteiger partial charge is 0.235 e. The highest BCUT2D eigenvalue weighted by atomic mass is 32.2. The largest absolute Gasteiger partial charge is 0.345 e. The van der Waals surface area contributed by atoms with Gasteiger partial charge in [-0.15, -0.1) is 0 Å². The van der Waals surface area contributed by atoms with E-state index in [0.717, 1.165) is 0 Å². The molecular weight excluding hydrogens is 371 g/mol. The lowest BCUT2D eigenvalue weighted by Gasteiger charge is -2.13. The van der Waals surface area contributed by atoms with Crippen LogP contribution in [-0.4, -0.2) is 29.4 Å². The van der Waals surface area contributed by atoms with Gasteiger partial charge in [-0.05, 0) is 32.0 Å². The molecule has 0 amide bonds. The van der Waals surface area contributed by atoms with Crippen LogP contribution in [0.15, 0.2) is 36.7 Å². The van der Waals surface area contributed by atoms with Gasteiger partial charge < -0.3 is 4.98 Å². The Balaban J connectivity index is 2.06. The highest BCUT2D eigenvalue weighted by Crippen LogP contribution is 2.27. The zero-order chi connectivity index (χ0) is 19.8. The number of aromatic amines is 1. The van der Waals surface area contributed by atoms with Crippen LogP contribution in [0.3, 0.4) is 0 Å². The maximum absolute atomic E-state index is 14.8. The third kappa shape index (κ3) is 3.39. The van der Waals surface area contributed by atoms with Crippen LogP contribution in [0.5, 0.6) is 0 Å². The standard InChI is InChI=1S/C18H15FN4O3S/c1-10(2)27(25,26)23-15-6-4-5-12(16(15)19)17(24)14-9-22-18-13(14)7-11(20-3)8-21-18/h4-10,23H,1-2H3,(H,21,22). The lowest BCUT2D eigenvalue weighted by molar-refractivity contribution is 0.103. The predicted molar refractivity (Wildman–Crippen MR) is 99.9 cm³/mol. The minimum atomic E-state index is -3.76. The Hall–Kier alpha value is -3.25. The number of halogens is 1. The highest BCUT2D eigenvalue weighted by molar-refractivity contribution is 7.93. The second-order valence-corrected chi connectivity index (χ2v) is 8.33. The molecule has 2 aromatic heterocycles. The van der Waals surface area contributed by atoms with Crippen molar-refractivity contribution >= 4 is 38.2 Å². The third-order valence-corrected chi connectivity index (χ3v) is 5.75. The van der Waals surface area contributed by atoms with Gasteiger partial charge in [-0.2, -0.15) is 0 Å². The molecule has 1 aromatic carbocycles. The summed E-state index contributed by atoms with van der Waals surface area (Å²) in [6.07, 6.45) is 2.75. The van der Waals surface area contributed by atoms with Gasteiger partial charge in [0.15, 0.2) is 11.6 Å². The molecule has 0 spiro atoms. The number of carbonyl (C=O) groups is 1. The van der Waals surface area contributed by atoms with Crippen LogP contribution in [0.1, 0.15) is 29.8 Å². The number of rotatable bonds is 5. The molecule has 0 radical (unpaired) electrons. The van der Waals surface area contributed by atoms with Crippen LogP contribution in [0, 0.1) is 12.4 Å². The van der Waals surface area contributed by atoms with E-state index in [1.807, 2.05) is 0 Å². The molecule has 0 aliphatic rings. The van der Waals surface area contributed by atoms with E-state index < -0.39 is 26.9 Å². The van der Waals surface area contributed by atoms with Crippen LogP contribution in [0.2, 0.25) is 0 Å². The Morgan fingerprint density at radius 3 is 2.74 bits per heavy atom. The number of pyridine rings is 1. The molecule has 0 bridgehead atoms. The molecule has 0 fully saturated rings. The number of fused-ring (bicyclic) bond motifs is 1. The van der Waals surface area contributed by atoms with Gasteiger partial charge in [0.05, 0.1) is 23.1 Å². The molecule has 138 valence electrons. The first-order valence-corrected chi connectivity index (χ1v) is 9.48. The average molecular weight is 386 g/mol. The molecule has 0 unspecified atom stereocenters. The number of H-pyrrole nitrogens is 1. The summed E-state index contributed by atoms with van der Waals surface area (Å²) in [4.78, 5) is 23.0. The fourth-order valence-corrected chi connectivity index (χ4v) is 3.14. The Labute approximate surface area is 155 Å². The number of ketones is 1. The van der Waals surface area contributed by atoms with Gasteiger partial charge in [-0.1, -0.05) is 6.07 Å². The molecule has 27 heavy (non-hydrogen) atoms. The van der Waals surface area contributed by atoms with Crippen molar-refractivity contribution in [1.29, 1.82) is 0 Å². The normalized spacial score (nSPS) is 11.5. The fraction of sp³-hybridized carbons (Fsp3) is 0.167. The van der Waals surface area contributed by atoms with E-state index in [2.05, 4.69) is 19.5 Å². The number of aromatic nitrogens is 2. The molecule has 2 N–H and O–H groups in total. The van der Waals surface area contributed by atoms with Gasteiger partial charge in [-0.3, -0.25) is 14.5 Å². The van der Waals surface area contributed by atoms with Crippen LogP contribution in [0.4, 0.5) is 15.8 Å². The van der Waals surface area contributed by atoms with E-state index in [1.165, 1.54) is 50.5 Å². The molecule has 2 heterocycles. The number of nitrogens with zero attached hydrogens (tertiary/aromatic N) is 2. The first-order chi connectivity index (χ1) is 12.7. The van der Waals surface area contributed by atoms with Gasteiger partial charge in [0, 0.05) is 23.3 Å². The maximum atomic E-state index is 14.8. The minimum Gasteiger partial charge on any atom is -0.345 e. The second kappa shape index (κ2) is 6.81. The molecule has 9 heteroatoms. The number of hydrogen-bond acceptors (Lipinski definition) is 4. The van der Waals surface area contributed by atoms with Crippen LogP contribution < -0.4 is 4.72 Å². The van der Waals surface area contributed by atoms with Crippen LogP contribution in [-0.2, 0) is 10.0 Å². The van der Waals surface area contributed by atoms with E-state index in [1.54, 1.807) is 0 Å². The molecule has 3 rings (SSSR count). The molecule has 0 aliphatic carbocycles. The summed E-state index contributed by atoms with van der Waals surface area (Å²) in [5.74, 6) is -1.61. The first kappa shape index (κ1) is 18.5. The predicted octanol–water partition coefficient (Wildman–Crippen LogP) is 3.63. The Morgan fingerprint density at radius 1 is 1.33 bits per heavy atom. The average Bonchev–Trinajstić information content (AvgIpc) is 3.05.